The zero-order chi connectivity index (χ0) is 16.2. The van der Waals surface area contributed by atoms with Crippen LogP contribution in [0, 0.1) is 0 Å². The van der Waals surface area contributed by atoms with Gasteiger partial charge in [-0.1, -0.05) is 11.6 Å². The van der Waals surface area contributed by atoms with Crippen molar-refractivity contribution < 1.29 is 9.21 Å². The number of amides is 1. The van der Waals surface area contributed by atoms with Crippen LogP contribution < -0.4 is 11.1 Å². The molecule has 1 aromatic carbocycles. The first-order valence-electron chi connectivity index (χ1n) is 7.10. The lowest BCUT2D eigenvalue weighted by Crippen LogP contribution is -2.45. The first kappa shape index (κ1) is 16.5. The van der Waals surface area contributed by atoms with E-state index >= 15 is 0 Å². The van der Waals surface area contributed by atoms with Crippen molar-refractivity contribution in [3.8, 4) is 11.3 Å². The highest BCUT2D eigenvalue weighted by Crippen LogP contribution is 2.22. The van der Waals surface area contributed by atoms with Crippen LogP contribution in [0.15, 0.2) is 34.9 Å². The molecule has 0 aliphatic rings. The van der Waals surface area contributed by atoms with Crippen LogP contribution in [0.3, 0.4) is 0 Å². The first-order valence-corrected chi connectivity index (χ1v) is 7.47. The Labute approximate surface area is 134 Å². The number of rotatable bonds is 6. The van der Waals surface area contributed by atoms with Gasteiger partial charge in [0, 0.05) is 35.5 Å². The van der Waals surface area contributed by atoms with E-state index in [0.29, 0.717) is 36.1 Å². The fourth-order valence-electron chi connectivity index (χ4n) is 1.81. The van der Waals surface area contributed by atoms with Gasteiger partial charge in [-0.05, 0) is 38.1 Å². The van der Waals surface area contributed by atoms with Crippen LogP contribution >= 0.6 is 11.6 Å². The number of hydrogen-bond donors (Lipinski definition) is 2. The summed E-state index contributed by atoms with van der Waals surface area (Å²) in [5.41, 5.74) is 6.30. The molecule has 0 atom stereocenters. The van der Waals surface area contributed by atoms with Gasteiger partial charge in [-0.15, -0.1) is 0 Å². The molecule has 0 radical (unpaired) electrons. The van der Waals surface area contributed by atoms with Crippen molar-refractivity contribution in [1.29, 1.82) is 0 Å². The predicted octanol–water partition coefficient (Wildman–Crippen LogP) is 2.78. The van der Waals surface area contributed by atoms with Crippen molar-refractivity contribution in [2.24, 2.45) is 5.73 Å². The van der Waals surface area contributed by atoms with Gasteiger partial charge in [0.15, 0.2) is 11.7 Å². The molecular weight excluding hydrogens is 302 g/mol. The van der Waals surface area contributed by atoms with Gasteiger partial charge in [-0.25, -0.2) is 4.98 Å². The molecule has 5 nitrogen and oxygen atoms in total. The van der Waals surface area contributed by atoms with Crippen LogP contribution in [0.2, 0.25) is 5.02 Å². The van der Waals surface area contributed by atoms with Crippen molar-refractivity contribution in [1.82, 2.24) is 10.3 Å². The maximum Gasteiger partial charge on any atom is 0.220 e. The number of halogens is 1. The molecule has 1 aromatic heterocycles. The molecule has 0 spiro atoms. The topological polar surface area (TPSA) is 81.1 Å². The molecule has 0 aliphatic heterocycles. The Balaban J connectivity index is 1.87. The molecule has 6 heteroatoms. The second-order valence-electron chi connectivity index (χ2n) is 5.89. The van der Waals surface area contributed by atoms with Gasteiger partial charge in [0.2, 0.25) is 5.91 Å². The number of aromatic nitrogens is 1. The number of nitrogens with two attached hydrogens (primary N) is 1. The van der Waals surface area contributed by atoms with E-state index in [4.69, 9.17) is 21.8 Å². The first-order chi connectivity index (χ1) is 10.3. The lowest BCUT2D eigenvalue weighted by atomic mass is 10.1. The second kappa shape index (κ2) is 6.94. The lowest BCUT2D eigenvalue weighted by molar-refractivity contribution is -0.121. The number of benzene rings is 1. The third kappa shape index (κ3) is 5.16. The molecule has 1 amide bonds. The standard InChI is InChI=1S/C16H20ClN3O2/c1-16(2,18)10-20-14(21)7-8-15-19-9-13(22-15)11-3-5-12(17)6-4-11/h3-6,9H,7-8,10,18H2,1-2H3,(H,20,21). The summed E-state index contributed by atoms with van der Waals surface area (Å²) in [5.74, 6) is 1.13. The molecule has 0 saturated carbocycles. The predicted molar refractivity (Wildman–Crippen MR) is 86.5 cm³/mol. The lowest BCUT2D eigenvalue weighted by Gasteiger charge is -2.18. The Kier molecular flexibility index (Phi) is 5.21. The van der Waals surface area contributed by atoms with Crippen LogP contribution in [-0.4, -0.2) is 23.0 Å². The molecule has 2 aromatic rings. The van der Waals surface area contributed by atoms with Crippen LogP contribution in [0.25, 0.3) is 11.3 Å². The van der Waals surface area contributed by atoms with E-state index in [1.165, 1.54) is 0 Å². The average molecular weight is 322 g/mol. The van der Waals surface area contributed by atoms with Gasteiger partial charge in [0.05, 0.1) is 6.20 Å². The minimum Gasteiger partial charge on any atom is -0.441 e. The molecular formula is C16H20ClN3O2. The molecule has 22 heavy (non-hydrogen) atoms. The Bertz CT molecular complexity index is 630. The van der Waals surface area contributed by atoms with Gasteiger partial charge in [-0.3, -0.25) is 4.79 Å². The summed E-state index contributed by atoms with van der Waals surface area (Å²) in [5, 5.41) is 3.46. The smallest absolute Gasteiger partial charge is 0.220 e. The van der Waals surface area contributed by atoms with E-state index in [9.17, 15) is 4.79 Å². The van der Waals surface area contributed by atoms with Crippen molar-refractivity contribution >= 4 is 17.5 Å². The van der Waals surface area contributed by atoms with Gasteiger partial charge in [-0.2, -0.15) is 0 Å². The SMILES string of the molecule is CC(C)(N)CNC(=O)CCc1ncc(-c2ccc(Cl)cc2)o1. The maximum absolute atomic E-state index is 11.7. The van der Waals surface area contributed by atoms with E-state index < -0.39 is 5.54 Å². The molecule has 0 bridgehead atoms. The summed E-state index contributed by atoms with van der Waals surface area (Å²) >= 11 is 5.85. The Morgan fingerprint density at radius 2 is 2.05 bits per heavy atom. The minimum absolute atomic E-state index is 0.0650. The highest BCUT2D eigenvalue weighted by molar-refractivity contribution is 6.30. The summed E-state index contributed by atoms with van der Waals surface area (Å²) in [6.45, 7) is 4.16. The summed E-state index contributed by atoms with van der Waals surface area (Å²) in [4.78, 5) is 15.9. The summed E-state index contributed by atoms with van der Waals surface area (Å²) in [6.07, 6.45) is 2.42. The quantitative estimate of drug-likeness (QED) is 0.857. The van der Waals surface area contributed by atoms with Crippen LogP contribution in [0.4, 0.5) is 0 Å². The van der Waals surface area contributed by atoms with Crippen LogP contribution in [0.1, 0.15) is 26.2 Å². The van der Waals surface area contributed by atoms with Gasteiger partial charge >= 0.3 is 0 Å². The highest BCUT2D eigenvalue weighted by Gasteiger charge is 2.13. The summed E-state index contributed by atoms with van der Waals surface area (Å²) in [7, 11) is 0. The van der Waals surface area contributed by atoms with Crippen molar-refractivity contribution in [3.63, 3.8) is 0 Å². The van der Waals surface area contributed by atoms with Gasteiger partial charge in [0.1, 0.15) is 0 Å². The average Bonchev–Trinajstić information content (AvgIpc) is 2.92. The van der Waals surface area contributed by atoms with Crippen molar-refractivity contribution in [2.45, 2.75) is 32.2 Å². The Hall–Kier alpha value is -1.85. The third-order valence-corrected chi connectivity index (χ3v) is 3.24. The number of carbonyl (C=O) groups excluding carboxylic acids is 1. The van der Waals surface area contributed by atoms with Crippen molar-refractivity contribution in [3.05, 3.63) is 41.4 Å². The van der Waals surface area contributed by atoms with E-state index in [2.05, 4.69) is 10.3 Å². The minimum atomic E-state index is -0.416. The summed E-state index contributed by atoms with van der Waals surface area (Å²) in [6, 6.07) is 7.31. The molecule has 1 heterocycles. The number of aryl methyl sites for hydroxylation is 1. The number of hydrogen-bond acceptors (Lipinski definition) is 4. The Morgan fingerprint density at radius 1 is 1.36 bits per heavy atom. The fraction of sp³-hybridized carbons (Fsp3) is 0.375. The largest absolute Gasteiger partial charge is 0.441 e. The second-order valence-corrected chi connectivity index (χ2v) is 6.33. The van der Waals surface area contributed by atoms with Crippen LogP contribution in [-0.2, 0) is 11.2 Å². The summed E-state index contributed by atoms with van der Waals surface area (Å²) < 4.78 is 5.65. The van der Waals surface area contributed by atoms with Gasteiger partial charge < -0.3 is 15.5 Å². The monoisotopic (exact) mass is 321 g/mol. The number of nitrogens with one attached hydrogen (secondary N) is 1. The van der Waals surface area contributed by atoms with E-state index in [1.807, 2.05) is 26.0 Å². The zero-order valence-electron chi connectivity index (χ0n) is 12.7. The molecule has 2 rings (SSSR count). The van der Waals surface area contributed by atoms with E-state index in [0.717, 1.165) is 5.56 Å². The maximum atomic E-state index is 11.7. The highest BCUT2D eigenvalue weighted by atomic mass is 35.5. The van der Waals surface area contributed by atoms with Crippen LogP contribution in [0.5, 0.6) is 0 Å². The number of oxazole rings is 1. The van der Waals surface area contributed by atoms with Crippen molar-refractivity contribution in [2.75, 3.05) is 6.54 Å². The molecule has 118 valence electrons. The zero-order valence-corrected chi connectivity index (χ0v) is 13.5. The normalized spacial score (nSPS) is 11.5. The molecule has 0 saturated heterocycles. The fourth-order valence-corrected chi connectivity index (χ4v) is 1.93. The molecule has 0 unspecified atom stereocenters. The molecule has 0 aliphatic carbocycles. The van der Waals surface area contributed by atoms with E-state index in [1.54, 1.807) is 18.3 Å². The van der Waals surface area contributed by atoms with E-state index in [-0.39, 0.29) is 5.91 Å². The number of nitrogens with zero attached hydrogens (tertiary/aromatic N) is 1. The molecule has 3 N–H and O–H groups in total. The third-order valence-electron chi connectivity index (χ3n) is 2.99. The Morgan fingerprint density at radius 3 is 2.68 bits per heavy atom. The molecule has 0 fully saturated rings. The van der Waals surface area contributed by atoms with Gasteiger partial charge in [0.25, 0.3) is 0 Å². The number of carbonyl (C=O) groups is 1.